The third-order valence-corrected chi connectivity index (χ3v) is 3.95. The zero-order chi connectivity index (χ0) is 18.5. The minimum atomic E-state index is -0.271. The summed E-state index contributed by atoms with van der Waals surface area (Å²) in [5.74, 6) is 0.292. The summed E-state index contributed by atoms with van der Waals surface area (Å²) in [4.78, 5) is 22.7. The number of carbonyl (C=O) groups is 1. The van der Waals surface area contributed by atoms with Crippen molar-refractivity contribution < 1.29 is 4.79 Å². The third kappa shape index (κ3) is 4.16. The topological polar surface area (TPSA) is 70.2 Å². The molecule has 3 rings (SSSR count). The van der Waals surface area contributed by atoms with E-state index in [4.69, 9.17) is 0 Å². The molecule has 0 saturated heterocycles. The first-order chi connectivity index (χ1) is 12.5. The van der Waals surface area contributed by atoms with Crippen molar-refractivity contribution in [2.75, 3.05) is 29.6 Å². The van der Waals surface area contributed by atoms with E-state index in [1.807, 2.05) is 74.4 Å². The van der Waals surface area contributed by atoms with Crippen LogP contribution in [-0.2, 0) is 0 Å². The van der Waals surface area contributed by atoms with Crippen LogP contribution >= 0.6 is 0 Å². The normalized spacial score (nSPS) is 10.3. The smallest absolute Gasteiger partial charge is 0.274 e. The van der Waals surface area contributed by atoms with Gasteiger partial charge < -0.3 is 15.5 Å². The number of aromatic nitrogens is 2. The average molecular weight is 347 g/mol. The lowest BCUT2D eigenvalue weighted by atomic mass is 10.2. The Hall–Kier alpha value is -3.41. The lowest BCUT2D eigenvalue weighted by Crippen LogP contribution is -2.15. The standard InChI is InChI=1S/C20H21N5O/c1-14-6-4-5-7-17(14)24-20(26)18-12-19(22-13-21-18)23-15-8-10-16(11-9-15)25(2)3/h4-13H,1-3H3,(H,24,26)(H,21,22,23). The molecule has 6 heteroatoms. The quantitative estimate of drug-likeness (QED) is 0.734. The van der Waals surface area contributed by atoms with Gasteiger partial charge in [-0.15, -0.1) is 0 Å². The third-order valence-electron chi connectivity index (χ3n) is 3.95. The highest BCUT2D eigenvalue weighted by molar-refractivity contribution is 6.03. The van der Waals surface area contributed by atoms with Gasteiger partial charge in [0.15, 0.2) is 0 Å². The molecule has 0 radical (unpaired) electrons. The van der Waals surface area contributed by atoms with E-state index in [-0.39, 0.29) is 5.91 Å². The second-order valence-corrected chi connectivity index (χ2v) is 6.12. The van der Waals surface area contributed by atoms with E-state index in [2.05, 4.69) is 20.6 Å². The van der Waals surface area contributed by atoms with Crippen LogP contribution in [0.25, 0.3) is 0 Å². The molecular formula is C20H21N5O. The maximum atomic E-state index is 12.5. The maximum absolute atomic E-state index is 12.5. The van der Waals surface area contributed by atoms with Crippen LogP contribution in [0, 0.1) is 6.92 Å². The highest BCUT2D eigenvalue weighted by Crippen LogP contribution is 2.20. The summed E-state index contributed by atoms with van der Waals surface area (Å²) in [5.41, 5.74) is 4.06. The molecule has 1 heterocycles. The first-order valence-electron chi connectivity index (χ1n) is 8.26. The number of nitrogens with one attached hydrogen (secondary N) is 2. The van der Waals surface area contributed by atoms with Crippen molar-refractivity contribution in [2.24, 2.45) is 0 Å². The first-order valence-corrected chi connectivity index (χ1v) is 8.26. The van der Waals surface area contributed by atoms with Gasteiger partial charge in [0.1, 0.15) is 17.8 Å². The number of carbonyl (C=O) groups excluding carboxylic acids is 1. The average Bonchev–Trinajstić information content (AvgIpc) is 2.64. The lowest BCUT2D eigenvalue weighted by molar-refractivity contribution is 0.102. The molecule has 0 unspecified atom stereocenters. The Morgan fingerprint density at radius 1 is 1.00 bits per heavy atom. The number of benzene rings is 2. The SMILES string of the molecule is Cc1ccccc1NC(=O)c1cc(Nc2ccc(N(C)C)cc2)ncn1. The lowest BCUT2D eigenvalue weighted by Gasteiger charge is -2.13. The van der Waals surface area contributed by atoms with Gasteiger partial charge in [-0.25, -0.2) is 9.97 Å². The van der Waals surface area contributed by atoms with Crippen LogP contribution in [0.15, 0.2) is 60.9 Å². The molecule has 0 saturated carbocycles. The van der Waals surface area contributed by atoms with E-state index in [1.165, 1.54) is 6.33 Å². The number of hydrogen-bond donors (Lipinski definition) is 2. The summed E-state index contributed by atoms with van der Waals surface area (Å²) in [6.07, 6.45) is 1.38. The Kier molecular flexibility index (Phi) is 5.12. The van der Waals surface area contributed by atoms with E-state index in [1.54, 1.807) is 6.07 Å². The number of hydrogen-bond acceptors (Lipinski definition) is 5. The molecule has 26 heavy (non-hydrogen) atoms. The Bertz CT molecular complexity index is 906. The Morgan fingerprint density at radius 3 is 2.42 bits per heavy atom. The van der Waals surface area contributed by atoms with Crippen molar-refractivity contribution in [3.05, 3.63) is 72.2 Å². The fraction of sp³-hybridized carbons (Fsp3) is 0.150. The molecular weight excluding hydrogens is 326 g/mol. The van der Waals surface area contributed by atoms with Crippen molar-refractivity contribution in [1.29, 1.82) is 0 Å². The second kappa shape index (κ2) is 7.65. The van der Waals surface area contributed by atoms with Gasteiger partial charge in [0.2, 0.25) is 0 Å². The minimum absolute atomic E-state index is 0.271. The molecule has 0 atom stereocenters. The summed E-state index contributed by atoms with van der Waals surface area (Å²) in [6, 6.07) is 17.2. The molecule has 1 aromatic heterocycles. The van der Waals surface area contributed by atoms with E-state index >= 15 is 0 Å². The molecule has 0 bridgehead atoms. The Balaban J connectivity index is 1.73. The molecule has 132 valence electrons. The highest BCUT2D eigenvalue weighted by Gasteiger charge is 2.10. The summed E-state index contributed by atoms with van der Waals surface area (Å²) in [5, 5.41) is 6.07. The molecule has 0 aliphatic rings. The van der Waals surface area contributed by atoms with Crippen molar-refractivity contribution in [3.8, 4) is 0 Å². The van der Waals surface area contributed by atoms with Gasteiger partial charge in [0.05, 0.1) is 0 Å². The van der Waals surface area contributed by atoms with Crippen LogP contribution in [0.1, 0.15) is 16.1 Å². The second-order valence-electron chi connectivity index (χ2n) is 6.12. The van der Waals surface area contributed by atoms with Crippen LogP contribution in [0.4, 0.5) is 22.9 Å². The van der Waals surface area contributed by atoms with Crippen LogP contribution in [0.2, 0.25) is 0 Å². The van der Waals surface area contributed by atoms with Crippen LogP contribution in [-0.4, -0.2) is 30.0 Å². The van der Waals surface area contributed by atoms with E-state index in [9.17, 15) is 4.79 Å². The van der Waals surface area contributed by atoms with Gasteiger partial charge in [0.25, 0.3) is 5.91 Å². The number of rotatable bonds is 5. The van der Waals surface area contributed by atoms with Crippen molar-refractivity contribution >= 4 is 28.8 Å². The van der Waals surface area contributed by atoms with Gasteiger partial charge >= 0.3 is 0 Å². The van der Waals surface area contributed by atoms with E-state index < -0.39 is 0 Å². The molecule has 0 fully saturated rings. The van der Waals surface area contributed by atoms with Crippen molar-refractivity contribution in [2.45, 2.75) is 6.92 Å². The molecule has 2 aromatic carbocycles. The fourth-order valence-corrected chi connectivity index (χ4v) is 2.44. The van der Waals surface area contributed by atoms with Crippen LogP contribution < -0.4 is 15.5 Å². The number of anilines is 4. The number of nitrogens with zero attached hydrogens (tertiary/aromatic N) is 3. The zero-order valence-corrected chi connectivity index (χ0v) is 15.0. The molecule has 2 N–H and O–H groups in total. The van der Waals surface area contributed by atoms with Crippen molar-refractivity contribution in [1.82, 2.24) is 9.97 Å². The van der Waals surface area contributed by atoms with Crippen LogP contribution in [0.5, 0.6) is 0 Å². The van der Waals surface area contributed by atoms with E-state index in [0.29, 0.717) is 11.5 Å². The predicted molar refractivity (Wildman–Crippen MR) is 105 cm³/mol. The largest absolute Gasteiger partial charge is 0.378 e. The van der Waals surface area contributed by atoms with Gasteiger partial charge in [0, 0.05) is 37.2 Å². The first kappa shape index (κ1) is 17.4. The molecule has 0 spiro atoms. The summed E-state index contributed by atoms with van der Waals surface area (Å²) < 4.78 is 0. The predicted octanol–water partition coefficient (Wildman–Crippen LogP) is 3.85. The minimum Gasteiger partial charge on any atom is -0.378 e. The molecule has 6 nitrogen and oxygen atoms in total. The molecule has 3 aromatic rings. The van der Waals surface area contributed by atoms with Gasteiger partial charge in [-0.05, 0) is 42.8 Å². The number of amides is 1. The highest BCUT2D eigenvalue weighted by atomic mass is 16.1. The van der Waals surface area contributed by atoms with Crippen LogP contribution in [0.3, 0.4) is 0 Å². The van der Waals surface area contributed by atoms with E-state index in [0.717, 1.165) is 22.6 Å². The van der Waals surface area contributed by atoms with Gasteiger partial charge in [-0.2, -0.15) is 0 Å². The fourth-order valence-electron chi connectivity index (χ4n) is 2.44. The number of aryl methyl sites for hydroxylation is 1. The summed E-state index contributed by atoms with van der Waals surface area (Å²) in [7, 11) is 3.98. The van der Waals surface area contributed by atoms with Gasteiger partial charge in [-0.1, -0.05) is 18.2 Å². The monoisotopic (exact) mass is 347 g/mol. The molecule has 1 amide bonds. The zero-order valence-electron chi connectivity index (χ0n) is 15.0. The maximum Gasteiger partial charge on any atom is 0.274 e. The molecule has 0 aliphatic heterocycles. The van der Waals surface area contributed by atoms with Gasteiger partial charge in [-0.3, -0.25) is 4.79 Å². The summed E-state index contributed by atoms with van der Waals surface area (Å²) in [6.45, 7) is 1.94. The molecule has 0 aliphatic carbocycles. The Labute approximate surface area is 152 Å². The Morgan fingerprint density at radius 2 is 1.73 bits per heavy atom. The van der Waals surface area contributed by atoms with Crippen molar-refractivity contribution in [3.63, 3.8) is 0 Å². The number of para-hydroxylation sites is 1. The summed E-state index contributed by atoms with van der Waals surface area (Å²) >= 11 is 0.